The lowest BCUT2D eigenvalue weighted by Crippen LogP contribution is -2.48. The zero-order valence-corrected chi connectivity index (χ0v) is 17.5. The van der Waals surface area contributed by atoms with Crippen LogP contribution < -0.4 is 16.4 Å². The van der Waals surface area contributed by atoms with E-state index in [9.17, 15) is 19.2 Å². The van der Waals surface area contributed by atoms with E-state index in [2.05, 4.69) is 16.0 Å². The van der Waals surface area contributed by atoms with Gasteiger partial charge < -0.3 is 9.32 Å². The summed E-state index contributed by atoms with van der Waals surface area (Å²) in [5.74, 6) is -1.22. The van der Waals surface area contributed by atoms with Gasteiger partial charge in [0.15, 0.2) is 11.5 Å². The first kappa shape index (κ1) is 21.3. The summed E-state index contributed by atoms with van der Waals surface area (Å²) in [5, 5.41) is 4.95. The molecule has 10 nitrogen and oxygen atoms in total. The number of hydrogen-bond acceptors (Lipinski definition) is 6. The quantitative estimate of drug-likeness (QED) is 0.593. The lowest BCUT2D eigenvalue weighted by Gasteiger charge is -2.30. The van der Waals surface area contributed by atoms with E-state index in [-0.39, 0.29) is 34.7 Å². The van der Waals surface area contributed by atoms with E-state index in [4.69, 9.17) is 4.42 Å². The molecule has 32 heavy (non-hydrogen) atoms. The van der Waals surface area contributed by atoms with Crippen LogP contribution in [0, 0.1) is 5.92 Å². The Morgan fingerprint density at radius 3 is 2.44 bits per heavy atom. The maximum absolute atomic E-state index is 12.7. The van der Waals surface area contributed by atoms with Crippen molar-refractivity contribution in [2.75, 3.05) is 13.1 Å². The smallest absolute Gasteiger partial charge is 0.290 e. The number of carbonyl (C=O) groups excluding carboxylic acids is 3. The summed E-state index contributed by atoms with van der Waals surface area (Å²) in [5.41, 5.74) is 4.63. The highest BCUT2D eigenvalue weighted by Crippen LogP contribution is 2.19. The molecule has 10 heteroatoms. The second-order valence-electron chi connectivity index (χ2n) is 7.50. The van der Waals surface area contributed by atoms with Crippen LogP contribution in [0.1, 0.15) is 40.8 Å². The maximum atomic E-state index is 12.7. The van der Waals surface area contributed by atoms with Gasteiger partial charge in [0.25, 0.3) is 17.4 Å². The van der Waals surface area contributed by atoms with Gasteiger partial charge in [-0.2, -0.15) is 5.10 Å². The first-order valence-corrected chi connectivity index (χ1v) is 10.4. The van der Waals surface area contributed by atoms with Crippen LogP contribution in [0.3, 0.4) is 0 Å². The molecule has 0 atom stereocenters. The molecule has 0 unspecified atom stereocenters. The Labute approximate surface area is 183 Å². The largest absolute Gasteiger partial charge is 0.459 e. The maximum Gasteiger partial charge on any atom is 0.290 e. The molecule has 2 N–H and O–H groups in total. The van der Waals surface area contributed by atoms with Gasteiger partial charge in [-0.1, -0.05) is 18.2 Å². The molecule has 0 spiro atoms. The van der Waals surface area contributed by atoms with Gasteiger partial charge in [-0.25, -0.2) is 4.68 Å². The molecule has 0 bridgehead atoms. The number of hydrogen-bond donors (Lipinski definition) is 2. The minimum Gasteiger partial charge on any atom is -0.459 e. The average molecular weight is 437 g/mol. The fourth-order valence-corrected chi connectivity index (χ4v) is 3.80. The highest BCUT2D eigenvalue weighted by molar-refractivity contribution is 6.05. The minimum atomic E-state index is -0.609. The monoisotopic (exact) mass is 437 g/mol. The Bertz CT molecular complexity index is 1210. The number of fused-ring (bicyclic) bond motifs is 1. The number of nitrogens with one attached hydrogen (secondary N) is 2. The molecule has 1 aromatic carbocycles. The van der Waals surface area contributed by atoms with Gasteiger partial charge in [-0.05, 0) is 38.0 Å². The summed E-state index contributed by atoms with van der Waals surface area (Å²) in [6.45, 7) is 2.90. The fourth-order valence-electron chi connectivity index (χ4n) is 3.80. The zero-order chi connectivity index (χ0) is 22.7. The van der Waals surface area contributed by atoms with E-state index < -0.39 is 5.91 Å². The zero-order valence-electron chi connectivity index (χ0n) is 17.5. The predicted molar refractivity (Wildman–Crippen MR) is 115 cm³/mol. The third-order valence-electron chi connectivity index (χ3n) is 5.57. The number of aromatic nitrogens is 2. The van der Waals surface area contributed by atoms with Crippen molar-refractivity contribution in [3.63, 3.8) is 0 Å². The van der Waals surface area contributed by atoms with Gasteiger partial charge in [0, 0.05) is 30.9 Å². The molecule has 1 saturated heterocycles. The van der Waals surface area contributed by atoms with Crippen LogP contribution in [-0.4, -0.2) is 45.5 Å². The van der Waals surface area contributed by atoms with Gasteiger partial charge in [0.2, 0.25) is 5.91 Å². The number of nitrogens with zero attached hydrogens (tertiary/aromatic N) is 3. The topological polar surface area (TPSA) is 127 Å². The molecule has 2 aromatic heterocycles. The Morgan fingerprint density at radius 2 is 1.78 bits per heavy atom. The van der Waals surface area contributed by atoms with Crippen LogP contribution in [0.15, 0.2) is 51.9 Å². The highest BCUT2D eigenvalue weighted by Gasteiger charge is 2.29. The number of furan rings is 1. The molecule has 166 valence electrons. The van der Waals surface area contributed by atoms with E-state index in [0.717, 1.165) is 0 Å². The predicted octanol–water partition coefficient (Wildman–Crippen LogP) is 1.32. The van der Waals surface area contributed by atoms with Crippen molar-refractivity contribution in [3.8, 4) is 0 Å². The standard InChI is InChI=1S/C22H23N5O5/c1-2-27-21(30)16-7-4-3-6-15(16)18(25-27)20(29)24-23-19(28)14-9-11-26(12-10-14)22(31)17-8-5-13-32-17/h3-8,13-14H,2,9-12H2,1H3,(H,23,28)(H,24,29). The molecule has 3 amide bonds. The van der Waals surface area contributed by atoms with E-state index >= 15 is 0 Å². The first-order valence-electron chi connectivity index (χ1n) is 10.4. The van der Waals surface area contributed by atoms with E-state index in [1.807, 2.05) is 0 Å². The summed E-state index contributed by atoms with van der Waals surface area (Å²) in [6.07, 6.45) is 2.38. The molecule has 1 aliphatic rings. The summed E-state index contributed by atoms with van der Waals surface area (Å²) in [7, 11) is 0. The van der Waals surface area contributed by atoms with Crippen LogP contribution in [-0.2, 0) is 11.3 Å². The van der Waals surface area contributed by atoms with Crippen molar-refractivity contribution >= 4 is 28.5 Å². The Balaban J connectivity index is 1.38. The average Bonchev–Trinajstić information content (AvgIpc) is 3.37. The molecule has 0 saturated carbocycles. The number of rotatable bonds is 4. The Kier molecular flexibility index (Phi) is 6.02. The lowest BCUT2D eigenvalue weighted by atomic mass is 9.96. The van der Waals surface area contributed by atoms with E-state index in [1.54, 1.807) is 48.2 Å². The third-order valence-corrected chi connectivity index (χ3v) is 5.57. The Hall–Kier alpha value is -3.95. The fraction of sp³-hybridized carbons (Fsp3) is 0.318. The summed E-state index contributed by atoms with van der Waals surface area (Å²) < 4.78 is 6.35. The number of piperidine rings is 1. The minimum absolute atomic E-state index is 0.0567. The van der Waals surface area contributed by atoms with E-state index in [0.29, 0.717) is 43.2 Å². The SMILES string of the molecule is CCn1nc(C(=O)NNC(=O)C2CCN(C(=O)c3ccco3)CC2)c2ccccc2c1=O. The molecular formula is C22H23N5O5. The second-order valence-corrected chi connectivity index (χ2v) is 7.50. The van der Waals surface area contributed by atoms with Crippen molar-refractivity contribution < 1.29 is 18.8 Å². The molecular weight excluding hydrogens is 414 g/mol. The number of benzene rings is 1. The van der Waals surface area contributed by atoms with Gasteiger partial charge in [-0.15, -0.1) is 0 Å². The highest BCUT2D eigenvalue weighted by atomic mass is 16.3. The summed E-state index contributed by atoms with van der Waals surface area (Å²) in [6, 6.07) is 9.98. The number of amides is 3. The third kappa shape index (κ3) is 4.11. The molecule has 0 radical (unpaired) electrons. The Morgan fingerprint density at radius 1 is 1.06 bits per heavy atom. The number of carbonyl (C=O) groups is 3. The molecule has 4 rings (SSSR count). The molecule has 3 heterocycles. The summed E-state index contributed by atoms with van der Waals surface area (Å²) >= 11 is 0. The number of likely N-dealkylation sites (tertiary alicyclic amines) is 1. The molecule has 1 fully saturated rings. The van der Waals surface area contributed by atoms with Crippen molar-refractivity contribution in [2.24, 2.45) is 5.92 Å². The van der Waals surface area contributed by atoms with Crippen molar-refractivity contribution in [1.82, 2.24) is 25.5 Å². The normalized spacial score (nSPS) is 14.3. The van der Waals surface area contributed by atoms with E-state index in [1.165, 1.54) is 10.9 Å². The van der Waals surface area contributed by atoms with Gasteiger partial charge in [-0.3, -0.25) is 30.0 Å². The van der Waals surface area contributed by atoms with Crippen LogP contribution in [0.2, 0.25) is 0 Å². The molecule has 1 aliphatic heterocycles. The van der Waals surface area contributed by atoms with Crippen molar-refractivity contribution in [2.45, 2.75) is 26.3 Å². The van der Waals surface area contributed by atoms with Crippen LogP contribution in [0.4, 0.5) is 0 Å². The number of aryl methyl sites for hydroxylation is 1. The van der Waals surface area contributed by atoms with Crippen molar-refractivity contribution in [3.05, 3.63) is 64.5 Å². The van der Waals surface area contributed by atoms with Crippen LogP contribution in [0.25, 0.3) is 10.8 Å². The first-order chi connectivity index (χ1) is 15.5. The number of hydrazine groups is 1. The van der Waals surface area contributed by atoms with Crippen LogP contribution in [0.5, 0.6) is 0 Å². The van der Waals surface area contributed by atoms with Gasteiger partial charge in [0.1, 0.15) is 0 Å². The van der Waals surface area contributed by atoms with Crippen molar-refractivity contribution in [1.29, 1.82) is 0 Å². The van der Waals surface area contributed by atoms with Gasteiger partial charge in [0.05, 0.1) is 11.6 Å². The summed E-state index contributed by atoms with van der Waals surface area (Å²) in [4.78, 5) is 51.7. The van der Waals surface area contributed by atoms with Gasteiger partial charge >= 0.3 is 0 Å². The molecule has 3 aromatic rings. The lowest BCUT2D eigenvalue weighted by molar-refractivity contribution is -0.127. The van der Waals surface area contributed by atoms with Crippen LogP contribution >= 0.6 is 0 Å². The molecule has 0 aliphatic carbocycles. The second kappa shape index (κ2) is 9.04.